The number of nitrogens with one attached hydrogen (secondary N) is 1. The highest BCUT2D eigenvalue weighted by atomic mass is 16.2. The van der Waals surface area contributed by atoms with Gasteiger partial charge in [0.25, 0.3) is 11.5 Å². The van der Waals surface area contributed by atoms with E-state index >= 15 is 0 Å². The highest BCUT2D eigenvalue weighted by Gasteiger charge is 2.17. The molecule has 0 aliphatic heterocycles. The molecule has 1 N–H and O–H groups in total. The van der Waals surface area contributed by atoms with Crippen molar-refractivity contribution in [2.45, 2.75) is 33.7 Å². The van der Waals surface area contributed by atoms with Gasteiger partial charge in [0.15, 0.2) is 5.69 Å². The van der Waals surface area contributed by atoms with E-state index in [0.29, 0.717) is 17.3 Å². The Morgan fingerprint density at radius 2 is 1.80 bits per heavy atom. The van der Waals surface area contributed by atoms with Crippen LogP contribution in [0.15, 0.2) is 47.3 Å². The van der Waals surface area contributed by atoms with E-state index in [1.54, 1.807) is 18.2 Å². The van der Waals surface area contributed by atoms with Gasteiger partial charge in [-0.1, -0.05) is 37.3 Å². The molecule has 0 atom stereocenters. The number of nitrogens with zero attached hydrogens (tertiary/aromatic N) is 2. The molecule has 128 valence electrons. The number of benzene rings is 2. The van der Waals surface area contributed by atoms with Gasteiger partial charge in [0.2, 0.25) is 0 Å². The van der Waals surface area contributed by atoms with Crippen LogP contribution in [0.2, 0.25) is 0 Å². The van der Waals surface area contributed by atoms with Crippen molar-refractivity contribution in [2.75, 3.05) is 5.32 Å². The van der Waals surface area contributed by atoms with Gasteiger partial charge in [-0.25, -0.2) is 4.68 Å². The van der Waals surface area contributed by atoms with E-state index in [-0.39, 0.29) is 17.2 Å². The molecule has 0 spiro atoms. The molecule has 3 aromatic rings. The van der Waals surface area contributed by atoms with Crippen LogP contribution in [0.4, 0.5) is 5.69 Å². The molecule has 0 aliphatic carbocycles. The van der Waals surface area contributed by atoms with E-state index in [0.717, 1.165) is 23.2 Å². The average molecular weight is 335 g/mol. The summed E-state index contributed by atoms with van der Waals surface area (Å²) in [7, 11) is 0. The predicted octanol–water partition coefficient (Wildman–Crippen LogP) is 3.68. The van der Waals surface area contributed by atoms with E-state index in [9.17, 15) is 9.59 Å². The van der Waals surface area contributed by atoms with Crippen LogP contribution in [0, 0.1) is 13.8 Å². The lowest BCUT2D eigenvalue weighted by atomic mass is 10.1. The largest absolute Gasteiger partial charge is 0.320 e. The molecule has 5 heteroatoms. The normalized spacial score (nSPS) is 10.8. The molecule has 0 unspecified atom stereocenters. The Hall–Kier alpha value is -2.95. The van der Waals surface area contributed by atoms with Crippen LogP contribution in [0.1, 0.15) is 35.0 Å². The van der Waals surface area contributed by atoms with E-state index in [1.165, 1.54) is 4.68 Å². The highest BCUT2D eigenvalue weighted by Crippen LogP contribution is 2.20. The fraction of sp³-hybridized carbons (Fsp3) is 0.250. The number of aryl methyl sites for hydroxylation is 2. The van der Waals surface area contributed by atoms with Gasteiger partial charge in [0.05, 0.1) is 5.39 Å². The molecule has 0 fully saturated rings. The number of rotatable bonds is 4. The molecular formula is C20H21N3O2. The zero-order chi connectivity index (χ0) is 18.0. The summed E-state index contributed by atoms with van der Waals surface area (Å²) in [5, 5.41) is 8.35. The number of aromatic nitrogens is 2. The van der Waals surface area contributed by atoms with Gasteiger partial charge in [0.1, 0.15) is 0 Å². The molecule has 3 rings (SSSR count). The smallest absolute Gasteiger partial charge is 0.276 e. The lowest BCUT2D eigenvalue weighted by molar-refractivity contribution is 0.102. The van der Waals surface area contributed by atoms with Crippen molar-refractivity contribution in [1.29, 1.82) is 0 Å². The van der Waals surface area contributed by atoms with Crippen molar-refractivity contribution in [2.24, 2.45) is 0 Å². The summed E-state index contributed by atoms with van der Waals surface area (Å²) in [4.78, 5) is 25.4. The Balaban J connectivity index is 2.11. The first-order valence-corrected chi connectivity index (χ1v) is 8.40. The summed E-state index contributed by atoms with van der Waals surface area (Å²) in [6.45, 7) is 6.42. The van der Waals surface area contributed by atoms with Crippen molar-refractivity contribution < 1.29 is 4.79 Å². The molecule has 5 nitrogen and oxygen atoms in total. The number of amides is 1. The van der Waals surface area contributed by atoms with Gasteiger partial charge < -0.3 is 5.32 Å². The molecule has 2 aromatic carbocycles. The van der Waals surface area contributed by atoms with Gasteiger partial charge in [-0.3, -0.25) is 9.59 Å². The monoisotopic (exact) mass is 335 g/mol. The first-order chi connectivity index (χ1) is 12.0. The summed E-state index contributed by atoms with van der Waals surface area (Å²) >= 11 is 0. The van der Waals surface area contributed by atoms with Crippen molar-refractivity contribution in [1.82, 2.24) is 9.78 Å². The zero-order valence-electron chi connectivity index (χ0n) is 14.7. The highest BCUT2D eigenvalue weighted by molar-refractivity contribution is 6.11. The van der Waals surface area contributed by atoms with Crippen LogP contribution in [0.5, 0.6) is 0 Å². The van der Waals surface area contributed by atoms with Crippen LogP contribution in [0.25, 0.3) is 10.8 Å². The second-order valence-electron chi connectivity index (χ2n) is 6.12. The van der Waals surface area contributed by atoms with Crippen molar-refractivity contribution in [3.63, 3.8) is 0 Å². The number of carbonyl (C=O) groups excluding carboxylic acids is 1. The van der Waals surface area contributed by atoms with Gasteiger partial charge in [0, 0.05) is 17.6 Å². The lowest BCUT2D eigenvalue weighted by Crippen LogP contribution is -2.27. The lowest BCUT2D eigenvalue weighted by Gasteiger charge is -2.13. The van der Waals surface area contributed by atoms with Crippen LogP contribution in [0.3, 0.4) is 0 Å². The average Bonchev–Trinajstić information content (AvgIpc) is 2.61. The minimum atomic E-state index is -0.310. The summed E-state index contributed by atoms with van der Waals surface area (Å²) < 4.78 is 1.38. The fourth-order valence-electron chi connectivity index (χ4n) is 2.83. The van der Waals surface area contributed by atoms with E-state index in [4.69, 9.17) is 0 Å². The third-order valence-corrected chi connectivity index (χ3v) is 4.37. The first-order valence-electron chi connectivity index (χ1n) is 8.40. The minimum absolute atomic E-state index is 0.166. The molecule has 25 heavy (non-hydrogen) atoms. The minimum Gasteiger partial charge on any atom is -0.320 e. The van der Waals surface area contributed by atoms with Crippen molar-refractivity contribution >= 4 is 22.4 Å². The fourth-order valence-corrected chi connectivity index (χ4v) is 2.83. The maximum absolute atomic E-state index is 12.9. The van der Waals surface area contributed by atoms with Gasteiger partial charge in [-0.2, -0.15) is 5.10 Å². The number of anilines is 1. The van der Waals surface area contributed by atoms with Crippen LogP contribution >= 0.6 is 0 Å². The molecular weight excluding hydrogens is 314 g/mol. The molecule has 0 radical (unpaired) electrons. The Bertz CT molecular complexity index is 1010. The zero-order valence-corrected chi connectivity index (χ0v) is 14.7. The quantitative estimate of drug-likeness (QED) is 0.791. The van der Waals surface area contributed by atoms with Crippen LogP contribution in [-0.4, -0.2) is 15.7 Å². The van der Waals surface area contributed by atoms with Gasteiger partial charge in [-0.05, 0) is 43.5 Å². The maximum Gasteiger partial charge on any atom is 0.276 e. The molecule has 0 bridgehead atoms. The third kappa shape index (κ3) is 3.18. The number of hydrogen-bond donors (Lipinski definition) is 1. The first kappa shape index (κ1) is 16.9. The Kier molecular flexibility index (Phi) is 4.65. The second-order valence-corrected chi connectivity index (χ2v) is 6.12. The molecule has 1 amide bonds. The van der Waals surface area contributed by atoms with Crippen LogP contribution < -0.4 is 10.9 Å². The third-order valence-electron chi connectivity index (χ3n) is 4.37. The standard InChI is InChI=1S/C20H21N3O2/c1-4-12-23-20(25)16-10-6-5-9-15(16)18(22-23)19(24)21-17-11-7-8-13(2)14(17)3/h5-11H,4,12H2,1-3H3,(H,21,24). The van der Waals surface area contributed by atoms with Crippen molar-refractivity contribution in [3.8, 4) is 0 Å². The van der Waals surface area contributed by atoms with E-state index in [1.807, 2.05) is 45.0 Å². The molecule has 0 saturated carbocycles. The summed E-state index contributed by atoms with van der Waals surface area (Å²) in [5.74, 6) is -0.310. The predicted molar refractivity (Wildman–Crippen MR) is 100 cm³/mol. The van der Waals surface area contributed by atoms with Gasteiger partial charge >= 0.3 is 0 Å². The summed E-state index contributed by atoms with van der Waals surface area (Å²) in [6.07, 6.45) is 0.767. The molecule has 1 heterocycles. The number of fused-ring (bicyclic) bond motifs is 1. The Morgan fingerprint density at radius 3 is 2.52 bits per heavy atom. The molecule has 0 saturated heterocycles. The van der Waals surface area contributed by atoms with E-state index in [2.05, 4.69) is 10.4 Å². The second kappa shape index (κ2) is 6.89. The van der Waals surface area contributed by atoms with Crippen LogP contribution in [-0.2, 0) is 6.54 Å². The molecule has 1 aromatic heterocycles. The van der Waals surface area contributed by atoms with E-state index < -0.39 is 0 Å². The number of hydrogen-bond acceptors (Lipinski definition) is 3. The van der Waals surface area contributed by atoms with Crippen molar-refractivity contribution in [3.05, 3.63) is 69.6 Å². The summed E-state index contributed by atoms with van der Waals surface area (Å²) in [5.41, 5.74) is 2.98. The van der Waals surface area contributed by atoms with Gasteiger partial charge in [-0.15, -0.1) is 0 Å². The SMILES string of the molecule is CCCn1nc(C(=O)Nc2cccc(C)c2C)c2ccccc2c1=O. The maximum atomic E-state index is 12.9. The number of carbonyl (C=O) groups is 1. The Labute approximate surface area is 146 Å². The Morgan fingerprint density at radius 1 is 1.08 bits per heavy atom. The summed E-state index contributed by atoms with van der Waals surface area (Å²) in [6, 6.07) is 12.9. The molecule has 0 aliphatic rings. The topological polar surface area (TPSA) is 64.0 Å².